The van der Waals surface area contributed by atoms with Crippen molar-refractivity contribution in [3.8, 4) is 0 Å². The van der Waals surface area contributed by atoms with Gasteiger partial charge in [0.2, 0.25) is 5.91 Å². The maximum atomic E-state index is 12.3. The van der Waals surface area contributed by atoms with E-state index in [0.29, 0.717) is 12.5 Å². The van der Waals surface area contributed by atoms with Gasteiger partial charge in [0.05, 0.1) is 17.3 Å². The highest BCUT2D eigenvalue weighted by molar-refractivity contribution is 5.95. The van der Waals surface area contributed by atoms with E-state index < -0.39 is 5.97 Å². The number of nitrogens with one attached hydrogen (secondary N) is 1. The van der Waals surface area contributed by atoms with Gasteiger partial charge in [-0.05, 0) is 37.5 Å². The molecule has 0 bridgehead atoms. The molecule has 1 saturated carbocycles. The lowest BCUT2D eigenvalue weighted by molar-refractivity contribution is -0.116. The van der Waals surface area contributed by atoms with Crippen LogP contribution in [-0.2, 0) is 4.79 Å². The van der Waals surface area contributed by atoms with E-state index in [-0.39, 0.29) is 17.4 Å². The average Bonchev–Trinajstić information content (AvgIpc) is 3.22. The van der Waals surface area contributed by atoms with Crippen LogP contribution in [0.4, 0.5) is 5.82 Å². The number of amides is 1. The number of carbonyl (C=O) groups excluding carboxylic acids is 1. The van der Waals surface area contributed by atoms with Crippen LogP contribution in [0, 0.1) is 6.92 Å². The molecule has 2 N–H and O–H groups in total. The van der Waals surface area contributed by atoms with Crippen molar-refractivity contribution in [1.82, 2.24) is 9.78 Å². The summed E-state index contributed by atoms with van der Waals surface area (Å²) in [5, 5.41) is 17.0. The summed E-state index contributed by atoms with van der Waals surface area (Å²) < 4.78 is 1.99. The van der Waals surface area contributed by atoms with Gasteiger partial charge < -0.3 is 10.4 Å². The Morgan fingerprint density at radius 2 is 2.08 bits per heavy atom. The summed E-state index contributed by atoms with van der Waals surface area (Å²) in [5.41, 5.74) is 3.03. The maximum Gasteiger partial charge on any atom is 0.335 e. The molecule has 2 heterocycles. The Labute approximate surface area is 145 Å². The lowest BCUT2D eigenvalue weighted by atomic mass is 9.85. The number of aromatic carboxylic acids is 1. The second-order valence-corrected chi connectivity index (χ2v) is 6.97. The summed E-state index contributed by atoms with van der Waals surface area (Å²) in [5.74, 6) is -0.359. The summed E-state index contributed by atoms with van der Waals surface area (Å²) in [6.07, 6.45) is 4.87. The van der Waals surface area contributed by atoms with Crippen molar-refractivity contribution in [3.63, 3.8) is 0 Å². The van der Waals surface area contributed by atoms with Crippen molar-refractivity contribution in [3.05, 3.63) is 46.6 Å². The van der Waals surface area contributed by atoms with Crippen molar-refractivity contribution in [2.24, 2.45) is 0 Å². The number of nitrogens with zero attached hydrogens (tertiary/aromatic N) is 2. The van der Waals surface area contributed by atoms with Crippen LogP contribution in [0.25, 0.3) is 0 Å². The molecule has 4 rings (SSSR count). The largest absolute Gasteiger partial charge is 0.478 e. The van der Waals surface area contributed by atoms with Gasteiger partial charge in [0.1, 0.15) is 5.82 Å². The van der Waals surface area contributed by atoms with Gasteiger partial charge in [-0.3, -0.25) is 4.79 Å². The number of aromatic nitrogens is 2. The molecule has 1 atom stereocenters. The lowest BCUT2D eigenvalue weighted by Gasteiger charge is -2.25. The van der Waals surface area contributed by atoms with Gasteiger partial charge in [-0.2, -0.15) is 5.10 Å². The zero-order valence-corrected chi connectivity index (χ0v) is 14.2. The molecule has 1 amide bonds. The number of hydrogen-bond acceptors (Lipinski definition) is 3. The van der Waals surface area contributed by atoms with Gasteiger partial charge in [0.25, 0.3) is 0 Å². The lowest BCUT2D eigenvalue weighted by Crippen LogP contribution is -2.26. The first-order valence-electron chi connectivity index (χ1n) is 8.76. The van der Waals surface area contributed by atoms with Crippen molar-refractivity contribution >= 4 is 17.7 Å². The number of aryl methyl sites for hydroxylation is 1. The van der Waals surface area contributed by atoms with Crippen LogP contribution in [-0.4, -0.2) is 26.8 Å². The molecule has 1 aromatic carbocycles. The quantitative estimate of drug-likeness (QED) is 0.896. The Hall–Kier alpha value is -2.63. The number of carbonyl (C=O) groups is 2. The predicted molar refractivity (Wildman–Crippen MR) is 93.0 cm³/mol. The highest BCUT2D eigenvalue weighted by atomic mass is 16.4. The number of rotatable bonds is 3. The SMILES string of the molecule is Cc1nn(C2CCCC2)c2c1C(c1cccc(C(=O)O)c1)CC(=O)N2. The van der Waals surface area contributed by atoms with E-state index in [1.165, 1.54) is 12.8 Å². The highest BCUT2D eigenvalue weighted by Crippen LogP contribution is 2.42. The molecule has 1 aromatic heterocycles. The summed E-state index contributed by atoms with van der Waals surface area (Å²) in [6, 6.07) is 7.21. The molecule has 0 spiro atoms. The molecule has 1 unspecified atom stereocenters. The molecule has 0 radical (unpaired) electrons. The van der Waals surface area contributed by atoms with Gasteiger partial charge in [0.15, 0.2) is 0 Å². The standard InChI is InChI=1S/C19H21N3O3/c1-11-17-15(12-5-4-6-13(9-12)19(24)25)10-16(23)20-18(17)22(21-11)14-7-2-3-8-14/h4-6,9,14-15H,2-3,7-8,10H2,1H3,(H,20,23)(H,24,25). The molecule has 1 aliphatic heterocycles. The van der Waals surface area contributed by atoms with Crippen LogP contribution in [0.15, 0.2) is 24.3 Å². The average molecular weight is 339 g/mol. The molecule has 2 aliphatic rings. The second-order valence-electron chi connectivity index (χ2n) is 6.97. The first-order valence-corrected chi connectivity index (χ1v) is 8.76. The Morgan fingerprint density at radius 1 is 1.32 bits per heavy atom. The summed E-state index contributed by atoms with van der Waals surface area (Å²) in [7, 11) is 0. The molecule has 25 heavy (non-hydrogen) atoms. The van der Waals surface area contributed by atoms with Crippen LogP contribution in [0.2, 0.25) is 0 Å². The Morgan fingerprint density at radius 3 is 2.80 bits per heavy atom. The van der Waals surface area contributed by atoms with E-state index in [2.05, 4.69) is 5.32 Å². The van der Waals surface area contributed by atoms with E-state index >= 15 is 0 Å². The van der Waals surface area contributed by atoms with Gasteiger partial charge in [0, 0.05) is 17.9 Å². The molecule has 1 aliphatic carbocycles. The number of hydrogen-bond donors (Lipinski definition) is 2. The monoisotopic (exact) mass is 339 g/mol. The summed E-state index contributed by atoms with van der Waals surface area (Å²) in [4.78, 5) is 23.6. The van der Waals surface area contributed by atoms with Gasteiger partial charge in [-0.15, -0.1) is 0 Å². The third-order valence-corrected chi connectivity index (χ3v) is 5.33. The Balaban J connectivity index is 1.81. The van der Waals surface area contributed by atoms with Gasteiger partial charge in [-0.1, -0.05) is 25.0 Å². The van der Waals surface area contributed by atoms with Crippen LogP contribution in [0.5, 0.6) is 0 Å². The minimum absolute atomic E-state index is 0.0441. The minimum atomic E-state index is -0.958. The van der Waals surface area contributed by atoms with Gasteiger partial charge >= 0.3 is 5.97 Å². The third kappa shape index (κ3) is 2.71. The van der Waals surface area contributed by atoms with Crippen LogP contribution in [0.1, 0.15) is 71.2 Å². The van der Waals surface area contributed by atoms with Crippen LogP contribution >= 0.6 is 0 Å². The van der Waals surface area contributed by atoms with Crippen LogP contribution in [0.3, 0.4) is 0 Å². The second kappa shape index (κ2) is 6.02. The molecule has 2 aromatic rings. The van der Waals surface area contributed by atoms with E-state index in [0.717, 1.165) is 35.5 Å². The normalized spacial score (nSPS) is 20.4. The molecule has 0 saturated heterocycles. The van der Waals surface area contributed by atoms with E-state index in [9.17, 15) is 14.7 Å². The topological polar surface area (TPSA) is 84.2 Å². The number of fused-ring (bicyclic) bond motifs is 1. The summed E-state index contributed by atoms with van der Waals surface area (Å²) >= 11 is 0. The molecular formula is C19H21N3O3. The number of carboxylic acid groups (broad SMARTS) is 1. The van der Waals surface area contributed by atoms with Gasteiger partial charge in [-0.25, -0.2) is 9.48 Å². The van der Waals surface area contributed by atoms with Crippen molar-refractivity contribution < 1.29 is 14.7 Å². The maximum absolute atomic E-state index is 12.3. The Kier molecular flexibility index (Phi) is 3.82. The molecule has 6 heteroatoms. The number of benzene rings is 1. The van der Waals surface area contributed by atoms with Crippen molar-refractivity contribution in [2.45, 2.75) is 51.0 Å². The predicted octanol–water partition coefficient (Wildman–Crippen LogP) is 3.48. The molecule has 130 valence electrons. The zero-order chi connectivity index (χ0) is 17.6. The third-order valence-electron chi connectivity index (χ3n) is 5.33. The first kappa shape index (κ1) is 15.9. The zero-order valence-electron chi connectivity index (χ0n) is 14.2. The fourth-order valence-corrected chi connectivity index (χ4v) is 4.16. The smallest absolute Gasteiger partial charge is 0.335 e. The fourth-order valence-electron chi connectivity index (χ4n) is 4.16. The molecule has 1 fully saturated rings. The minimum Gasteiger partial charge on any atom is -0.478 e. The van der Waals surface area contributed by atoms with Crippen molar-refractivity contribution in [1.29, 1.82) is 0 Å². The van der Waals surface area contributed by atoms with Crippen LogP contribution < -0.4 is 5.32 Å². The highest BCUT2D eigenvalue weighted by Gasteiger charge is 2.34. The fraction of sp³-hybridized carbons (Fsp3) is 0.421. The number of carboxylic acids is 1. The molecular weight excluding hydrogens is 318 g/mol. The van der Waals surface area contributed by atoms with E-state index in [1.54, 1.807) is 18.2 Å². The van der Waals surface area contributed by atoms with Crippen molar-refractivity contribution in [2.75, 3.05) is 5.32 Å². The molecule has 6 nitrogen and oxygen atoms in total. The van der Waals surface area contributed by atoms with E-state index in [1.807, 2.05) is 17.7 Å². The summed E-state index contributed by atoms with van der Waals surface area (Å²) in [6.45, 7) is 1.97. The number of anilines is 1. The first-order chi connectivity index (χ1) is 12.0. The van der Waals surface area contributed by atoms with E-state index in [4.69, 9.17) is 5.10 Å². The Bertz CT molecular complexity index is 850.